The molecule has 0 bridgehead atoms. The van der Waals surface area contributed by atoms with Crippen molar-refractivity contribution in [2.75, 3.05) is 20.3 Å². The first-order valence-electron chi connectivity index (χ1n) is 6.30. The van der Waals surface area contributed by atoms with Crippen LogP contribution in [0.1, 0.15) is 22.3 Å². The average Bonchev–Trinajstić information content (AvgIpc) is 2.38. The van der Waals surface area contributed by atoms with Crippen LogP contribution in [0, 0.1) is 0 Å². The molecule has 0 saturated carbocycles. The number of aliphatic hydroxyl groups is 1. The number of aliphatic hydroxyl groups excluding tert-OH is 1. The lowest BCUT2D eigenvalue weighted by Crippen LogP contribution is -2.29. The van der Waals surface area contributed by atoms with Gasteiger partial charge in [-0.05, 0) is 24.1 Å². The first-order valence-corrected chi connectivity index (χ1v) is 7.96. The maximum Gasteiger partial charge on any atom is 0.335 e. The number of nitrogens with one attached hydrogen (secondary N) is 1. The predicted molar refractivity (Wildman–Crippen MR) is 76.5 cm³/mol. The van der Waals surface area contributed by atoms with E-state index in [4.69, 9.17) is 9.84 Å². The molecule has 8 heteroatoms. The molecule has 118 valence electrons. The molecular weight excluding hydrogens is 298 g/mol. The SMILES string of the molecule is COCC(O)CCNS(=O)(=O)Cc1cccc(C(=O)O)c1. The molecule has 0 saturated heterocycles. The summed E-state index contributed by atoms with van der Waals surface area (Å²) in [5.41, 5.74) is 0.429. The van der Waals surface area contributed by atoms with E-state index >= 15 is 0 Å². The van der Waals surface area contributed by atoms with Gasteiger partial charge in [-0.15, -0.1) is 0 Å². The Kier molecular flexibility index (Phi) is 6.76. The van der Waals surface area contributed by atoms with Gasteiger partial charge in [0.1, 0.15) is 0 Å². The molecule has 1 rings (SSSR count). The Labute approximate surface area is 123 Å². The first kappa shape index (κ1) is 17.6. The fourth-order valence-corrected chi connectivity index (χ4v) is 2.87. The highest BCUT2D eigenvalue weighted by Gasteiger charge is 2.13. The lowest BCUT2D eigenvalue weighted by molar-refractivity contribution is 0.0603. The normalized spacial score (nSPS) is 13.0. The number of aromatic carboxylic acids is 1. The van der Waals surface area contributed by atoms with E-state index in [0.29, 0.717) is 5.56 Å². The van der Waals surface area contributed by atoms with Gasteiger partial charge in [-0.2, -0.15) is 0 Å². The van der Waals surface area contributed by atoms with E-state index in [1.165, 1.54) is 25.3 Å². The minimum Gasteiger partial charge on any atom is -0.478 e. The summed E-state index contributed by atoms with van der Waals surface area (Å²) in [4.78, 5) is 10.8. The highest BCUT2D eigenvalue weighted by Crippen LogP contribution is 2.09. The van der Waals surface area contributed by atoms with E-state index in [1.807, 2.05) is 0 Å². The second-order valence-electron chi connectivity index (χ2n) is 4.56. The third-order valence-corrected chi connectivity index (χ3v) is 4.05. The standard InChI is InChI=1S/C13H19NO6S/c1-20-8-12(15)5-6-14-21(18,19)9-10-3-2-4-11(7-10)13(16)17/h2-4,7,12,14-15H,5-6,8-9H2,1H3,(H,16,17). The maximum atomic E-state index is 11.8. The molecule has 0 amide bonds. The molecule has 0 aliphatic rings. The average molecular weight is 317 g/mol. The summed E-state index contributed by atoms with van der Waals surface area (Å²) < 4.78 is 30.8. The van der Waals surface area contributed by atoms with Crippen LogP contribution in [0.5, 0.6) is 0 Å². The fourth-order valence-electron chi connectivity index (χ4n) is 1.72. The summed E-state index contributed by atoms with van der Waals surface area (Å²) in [5.74, 6) is -1.42. The molecule has 0 radical (unpaired) electrons. The summed E-state index contributed by atoms with van der Waals surface area (Å²) >= 11 is 0. The predicted octanol–water partition coefficient (Wildman–Crippen LogP) is 0.202. The minimum atomic E-state index is -3.58. The number of sulfonamides is 1. The van der Waals surface area contributed by atoms with Gasteiger partial charge >= 0.3 is 5.97 Å². The van der Waals surface area contributed by atoms with Crippen molar-refractivity contribution in [1.29, 1.82) is 0 Å². The van der Waals surface area contributed by atoms with Gasteiger partial charge in [-0.3, -0.25) is 0 Å². The topological polar surface area (TPSA) is 113 Å². The number of hydrogen-bond donors (Lipinski definition) is 3. The molecule has 0 heterocycles. The molecule has 0 spiro atoms. The number of carbonyl (C=O) groups is 1. The Morgan fingerprint density at radius 1 is 1.43 bits per heavy atom. The number of benzene rings is 1. The van der Waals surface area contributed by atoms with Crippen LogP contribution in [0.3, 0.4) is 0 Å². The van der Waals surface area contributed by atoms with Gasteiger partial charge in [0, 0.05) is 13.7 Å². The Morgan fingerprint density at radius 3 is 2.76 bits per heavy atom. The van der Waals surface area contributed by atoms with Gasteiger partial charge in [0.25, 0.3) is 0 Å². The summed E-state index contributed by atoms with van der Waals surface area (Å²) in [5, 5.41) is 18.3. The van der Waals surface area contributed by atoms with Crippen molar-refractivity contribution in [3.63, 3.8) is 0 Å². The Balaban J connectivity index is 2.56. The number of hydrogen-bond acceptors (Lipinski definition) is 5. The van der Waals surface area contributed by atoms with Crippen LogP contribution in [0.2, 0.25) is 0 Å². The zero-order valence-corrected chi connectivity index (χ0v) is 12.5. The lowest BCUT2D eigenvalue weighted by Gasteiger charge is -2.10. The number of rotatable bonds is 9. The van der Waals surface area contributed by atoms with Gasteiger partial charge in [-0.1, -0.05) is 12.1 Å². The van der Waals surface area contributed by atoms with Crippen LogP contribution >= 0.6 is 0 Å². The fraction of sp³-hybridized carbons (Fsp3) is 0.462. The molecule has 0 aliphatic heterocycles. The van der Waals surface area contributed by atoms with Crippen LogP contribution in [0.25, 0.3) is 0 Å². The van der Waals surface area contributed by atoms with E-state index in [-0.39, 0.29) is 30.9 Å². The molecule has 1 unspecified atom stereocenters. The third-order valence-electron chi connectivity index (χ3n) is 2.69. The summed E-state index contributed by atoms with van der Waals surface area (Å²) in [6.45, 7) is 0.230. The summed E-state index contributed by atoms with van der Waals surface area (Å²) in [6, 6.07) is 5.76. The molecule has 3 N–H and O–H groups in total. The van der Waals surface area contributed by atoms with Crippen molar-refractivity contribution in [1.82, 2.24) is 4.72 Å². The van der Waals surface area contributed by atoms with Gasteiger partial charge < -0.3 is 14.9 Å². The zero-order valence-electron chi connectivity index (χ0n) is 11.7. The van der Waals surface area contributed by atoms with Gasteiger partial charge in [0.05, 0.1) is 24.0 Å². The van der Waals surface area contributed by atoms with Crippen LogP contribution in [0.15, 0.2) is 24.3 Å². The Hall–Kier alpha value is -1.48. The number of methoxy groups -OCH3 is 1. The largest absolute Gasteiger partial charge is 0.478 e. The molecular formula is C13H19NO6S. The van der Waals surface area contributed by atoms with Crippen molar-refractivity contribution in [2.24, 2.45) is 0 Å². The molecule has 1 atom stereocenters. The highest BCUT2D eigenvalue weighted by molar-refractivity contribution is 7.88. The molecule has 0 fully saturated rings. The third kappa shape index (κ3) is 6.67. The highest BCUT2D eigenvalue weighted by atomic mass is 32.2. The Bertz CT molecular complexity index is 572. The van der Waals surface area contributed by atoms with E-state index in [9.17, 15) is 18.3 Å². The molecule has 1 aromatic carbocycles. The van der Waals surface area contributed by atoms with Crippen LogP contribution in [-0.4, -0.2) is 51.0 Å². The monoisotopic (exact) mass is 317 g/mol. The number of ether oxygens (including phenoxy) is 1. The second kappa shape index (κ2) is 8.08. The molecule has 0 aromatic heterocycles. The minimum absolute atomic E-state index is 0.0400. The first-order chi connectivity index (χ1) is 9.84. The van der Waals surface area contributed by atoms with Gasteiger partial charge in [-0.25, -0.2) is 17.9 Å². The van der Waals surface area contributed by atoms with Crippen molar-refractivity contribution in [2.45, 2.75) is 18.3 Å². The molecule has 0 aliphatic carbocycles. The summed E-state index contributed by atoms with van der Waals surface area (Å²) in [7, 11) is -2.14. The smallest absolute Gasteiger partial charge is 0.335 e. The van der Waals surface area contributed by atoms with E-state index in [0.717, 1.165) is 0 Å². The van der Waals surface area contributed by atoms with E-state index in [1.54, 1.807) is 6.07 Å². The van der Waals surface area contributed by atoms with E-state index < -0.39 is 22.1 Å². The van der Waals surface area contributed by atoms with Gasteiger partial charge in [0.15, 0.2) is 0 Å². The van der Waals surface area contributed by atoms with Crippen molar-refractivity contribution >= 4 is 16.0 Å². The van der Waals surface area contributed by atoms with Crippen molar-refractivity contribution in [3.8, 4) is 0 Å². The number of carboxylic acids is 1. The molecule has 21 heavy (non-hydrogen) atoms. The van der Waals surface area contributed by atoms with Crippen molar-refractivity contribution in [3.05, 3.63) is 35.4 Å². The van der Waals surface area contributed by atoms with Crippen LogP contribution in [-0.2, 0) is 20.5 Å². The number of carboxylic acid groups (broad SMARTS) is 1. The lowest BCUT2D eigenvalue weighted by atomic mass is 10.1. The quantitative estimate of drug-likeness (QED) is 0.600. The molecule has 1 aromatic rings. The van der Waals surface area contributed by atoms with Crippen LogP contribution in [0.4, 0.5) is 0 Å². The second-order valence-corrected chi connectivity index (χ2v) is 6.36. The van der Waals surface area contributed by atoms with Crippen molar-refractivity contribution < 1.29 is 28.2 Å². The molecule has 7 nitrogen and oxygen atoms in total. The summed E-state index contributed by atoms with van der Waals surface area (Å²) in [6.07, 6.45) is -0.490. The van der Waals surface area contributed by atoms with Gasteiger partial charge in [0.2, 0.25) is 10.0 Å². The Morgan fingerprint density at radius 2 is 2.14 bits per heavy atom. The van der Waals surface area contributed by atoms with E-state index in [2.05, 4.69) is 4.72 Å². The maximum absolute atomic E-state index is 11.8. The van der Waals surface area contributed by atoms with Crippen LogP contribution < -0.4 is 4.72 Å². The zero-order chi connectivity index (χ0) is 15.9.